The third-order valence-corrected chi connectivity index (χ3v) is 6.72. The Hall–Kier alpha value is -5.70. The van der Waals surface area contributed by atoms with Gasteiger partial charge in [0.25, 0.3) is 5.91 Å². The Kier molecular flexibility index (Phi) is 5.59. The summed E-state index contributed by atoms with van der Waals surface area (Å²) in [7, 11) is 0. The number of pyridine rings is 3. The highest BCUT2D eigenvalue weighted by molar-refractivity contribution is 6.04. The summed E-state index contributed by atoms with van der Waals surface area (Å²) < 4.78 is 13.9. The first kappa shape index (κ1) is 23.4. The molecule has 40 heavy (non-hydrogen) atoms. The molecule has 5 heterocycles. The number of fused-ring (bicyclic) bond motifs is 2. The Bertz CT molecular complexity index is 2030. The Balaban J connectivity index is 1.25. The summed E-state index contributed by atoms with van der Waals surface area (Å²) >= 11 is 0. The van der Waals surface area contributed by atoms with E-state index in [1.165, 1.54) is 12.1 Å². The number of benzene rings is 2. The maximum absolute atomic E-state index is 13.9. The second kappa shape index (κ2) is 9.55. The minimum atomic E-state index is -0.305. The molecular weight excluding hydrogens is 505 g/mol. The lowest BCUT2D eigenvalue weighted by molar-refractivity contribution is 0.102. The van der Waals surface area contributed by atoms with Gasteiger partial charge in [-0.15, -0.1) is 0 Å². The maximum Gasteiger partial charge on any atom is 0.255 e. The highest BCUT2D eigenvalue weighted by Gasteiger charge is 2.16. The van der Waals surface area contributed by atoms with Crippen molar-refractivity contribution < 1.29 is 9.18 Å². The molecule has 0 fully saturated rings. The first-order chi connectivity index (χ1) is 19.6. The van der Waals surface area contributed by atoms with E-state index in [4.69, 9.17) is 0 Å². The molecule has 0 radical (unpaired) electrons. The maximum atomic E-state index is 13.9. The summed E-state index contributed by atoms with van der Waals surface area (Å²) in [6.07, 6.45) is 8.53. The first-order valence-corrected chi connectivity index (χ1v) is 12.5. The number of rotatable bonds is 5. The van der Waals surface area contributed by atoms with Crippen molar-refractivity contribution in [3.8, 4) is 33.6 Å². The third-order valence-electron chi connectivity index (χ3n) is 6.72. The fourth-order valence-electron chi connectivity index (χ4n) is 4.79. The smallest absolute Gasteiger partial charge is 0.255 e. The van der Waals surface area contributed by atoms with Crippen LogP contribution in [0.25, 0.3) is 55.6 Å². The van der Waals surface area contributed by atoms with Crippen molar-refractivity contribution in [2.24, 2.45) is 0 Å². The van der Waals surface area contributed by atoms with Crippen LogP contribution in [0.2, 0.25) is 0 Å². The Morgan fingerprint density at radius 1 is 0.775 bits per heavy atom. The molecule has 5 aromatic heterocycles. The van der Waals surface area contributed by atoms with E-state index >= 15 is 0 Å². The zero-order valence-electron chi connectivity index (χ0n) is 20.9. The van der Waals surface area contributed by atoms with Gasteiger partial charge in [0.1, 0.15) is 11.5 Å². The number of carbonyl (C=O) groups excluding carboxylic acids is 1. The zero-order valence-corrected chi connectivity index (χ0v) is 20.9. The van der Waals surface area contributed by atoms with Crippen molar-refractivity contribution in [3.63, 3.8) is 0 Å². The molecule has 0 aliphatic heterocycles. The predicted octanol–water partition coefficient (Wildman–Crippen LogP) is 6.62. The normalized spacial score (nSPS) is 11.2. The molecule has 1 amide bonds. The quantitative estimate of drug-likeness (QED) is 0.234. The Labute approximate surface area is 227 Å². The topological polar surface area (TPSA) is 112 Å². The van der Waals surface area contributed by atoms with Gasteiger partial charge in [-0.05, 0) is 48.0 Å². The van der Waals surface area contributed by atoms with E-state index in [2.05, 4.69) is 35.5 Å². The number of anilines is 1. The number of amides is 1. The van der Waals surface area contributed by atoms with Gasteiger partial charge >= 0.3 is 0 Å². The molecule has 0 saturated carbocycles. The SMILES string of the molecule is O=C(Nc1cncc(-c2cnc3[nH]nc(-c4cc5c(-c6cccc(F)c6)cncc5[nH]4)c3c2)c1)c1ccccc1. The number of H-pyrrole nitrogens is 2. The van der Waals surface area contributed by atoms with Gasteiger partial charge in [-0.3, -0.25) is 19.9 Å². The lowest BCUT2D eigenvalue weighted by Crippen LogP contribution is -2.11. The molecule has 9 heteroatoms. The van der Waals surface area contributed by atoms with E-state index in [1.54, 1.807) is 49.2 Å². The molecule has 0 bridgehead atoms. The van der Waals surface area contributed by atoms with Crippen LogP contribution in [0.1, 0.15) is 10.4 Å². The average Bonchev–Trinajstić information content (AvgIpc) is 3.61. The zero-order chi connectivity index (χ0) is 27.1. The number of aromatic nitrogens is 6. The van der Waals surface area contributed by atoms with Crippen LogP contribution < -0.4 is 5.32 Å². The highest BCUT2D eigenvalue weighted by Crippen LogP contribution is 2.34. The average molecular weight is 526 g/mol. The third kappa shape index (κ3) is 4.25. The van der Waals surface area contributed by atoms with Gasteiger partial charge in [0.2, 0.25) is 0 Å². The Morgan fingerprint density at radius 2 is 1.62 bits per heavy atom. The van der Waals surface area contributed by atoms with Crippen molar-refractivity contribution >= 4 is 33.5 Å². The predicted molar refractivity (Wildman–Crippen MR) is 152 cm³/mol. The molecule has 0 atom stereocenters. The van der Waals surface area contributed by atoms with Crippen LogP contribution in [0.3, 0.4) is 0 Å². The van der Waals surface area contributed by atoms with Crippen molar-refractivity contribution in [2.45, 2.75) is 0 Å². The van der Waals surface area contributed by atoms with Crippen LogP contribution in [0, 0.1) is 5.82 Å². The fraction of sp³-hybridized carbons (Fsp3) is 0. The summed E-state index contributed by atoms with van der Waals surface area (Å²) in [5.74, 6) is -0.517. The van der Waals surface area contributed by atoms with E-state index < -0.39 is 0 Å². The molecule has 0 aliphatic rings. The van der Waals surface area contributed by atoms with Gasteiger partial charge in [-0.1, -0.05) is 30.3 Å². The first-order valence-electron chi connectivity index (χ1n) is 12.5. The fourth-order valence-corrected chi connectivity index (χ4v) is 4.79. The van der Waals surface area contributed by atoms with E-state index in [-0.39, 0.29) is 11.7 Å². The van der Waals surface area contributed by atoms with Gasteiger partial charge in [-0.25, -0.2) is 9.37 Å². The Morgan fingerprint density at radius 3 is 2.50 bits per heavy atom. The monoisotopic (exact) mass is 525 g/mol. The highest BCUT2D eigenvalue weighted by atomic mass is 19.1. The number of hydrogen-bond acceptors (Lipinski definition) is 5. The summed E-state index contributed by atoms with van der Waals surface area (Å²) in [5.41, 5.74) is 7.20. The van der Waals surface area contributed by atoms with Crippen LogP contribution in [0.4, 0.5) is 10.1 Å². The van der Waals surface area contributed by atoms with E-state index in [9.17, 15) is 9.18 Å². The second-order valence-corrected chi connectivity index (χ2v) is 9.32. The number of nitrogens with one attached hydrogen (secondary N) is 3. The summed E-state index contributed by atoms with van der Waals surface area (Å²) in [6.45, 7) is 0. The van der Waals surface area contributed by atoms with Crippen molar-refractivity contribution in [1.29, 1.82) is 0 Å². The number of aromatic amines is 2. The van der Waals surface area contributed by atoms with Crippen LogP contribution in [-0.2, 0) is 0 Å². The van der Waals surface area contributed by atoms with Crippen LogP contribution in [0.15, 0.2) is 104 Å². The van der Waals surface area contributed by atoms with Crippen LogP contribution in [-0.4, -0.2) is 36.0 Å². The summed E-state index contributed by atoms with van der Waals surface area (Å²) in [6, 6.07) is 21.3. The lowest BCUT2D eigenvalue weighted by atomic mass is 10.0. The van der Waals surface area contributed by atoms with E-state index in [0.717, 1.165) is 44.2 Å². The van der Waals surface area contributed by atoms with Gasteiger partial charge < -0.3 is 10.3 Å². The number of nitrogens with zero attached hydrogens (tertiary/aromatic N) is 4. The van der Waals surface area contributed by atoms with Gasteiger partial charge in [0, 0.05) is 51.6 Å². The second-order valence-electron chi connectivity index (χ2n) is 9.32. The van der Waals surface area contributed by atoms with E-state index in [0.29, 0.717) is 22.6 Å². The van der Waals surface area contributed by atoms with Crippen molar-refractivity contribution in [1.82, 2.24) is 30.1 Å². The van der Waals surface area contributed by atoms with Gasteiger partial charge in [0.15, 0.2) is 5.65 Å². The summed E-state index contributed by atoms with van der Waals surface area (Å²) in [5, 5.41) is 12.1. The van der Waals surface area contributed by atoms with Crippen LogP contribution in [0.5, 0.6) is 0 Å². The largest absolute Gasteiger partial charge is 0.352 e. The molecule has 0 saturated heterocycles. The number of hydrogen-bond donors (Lipinski definition) is 3. The molecule has 3 N–H and O–H groups in total. The van der Waals surface area contributed by atoms with Crippen molar-refractivity contribution in [3.05, 3.63) is 115 Å². The molecular formula is C31H20FN7O. The molecule has 8 nitrogen and oxygen atoms in total. The molecule has 0 unspecified atom stereocenters. The van der Waals surface area contributed by atoms with Crippen molar-refractivity contribution in [2.75, 3.05) is 5.32 Å². The summed E-state index contributed by atoms with van der Waals surface area (Å²) in [4.78, 5) is 29.3. The van der Waals surface area contributed by atoms with Gasteiger partial charge in [-0.2, -0.15) is 5.10 Å². The molecule has 7 aromatic rings. The lowest BCUT2D eigenvalue weighted by Gasteiger charge is -2.07. The number of carbonyl (C=O) groups is 1. The van der Waals surface area contributed by atoms with Gasteiger partial charge in [0.05, 0.1) is 29.3 Å². The molecule has 2 aromatic carbocycles. The van der Waals surface area contributed by atoms with Crippen LogP contribution >= 0.6 is 0 Å². The van der Waals surface area contributed by atoms with E-state index in [1.807, 2.05) is 42.5 Å². The standard InChI is InChI=1S/C31H20FN7O/c32-22-8-4-7-19(9-22)26-16-34-17-28-24(26)12-27(37-28)29-25-11-21(14-35-30(25)39-38-29)20-10-23(15-33-13-20)36-31(40)18-5-2-1-3-6-18/h1-17,37H,(H,36,40)(H,35,38,39). The molecule has 7 rings (SSSR count). The molecule has 0 aliphatic carbocycles. The number of halogens is 1. The minimum absolute atomic E-state index is 0.212. The molecule has 192 valence electrons. The molecule has 0 spiro atoms. The minimum Gasteiger partial charge on any atom is -0.352 e.